The largest absolute Gasteiger partial charge is 0.351 e. The molecular formula is C18H28N2. The predicted octanol–water partition coefficient (Wildman–Crippen LogP) is 4.90. The van der Waals surface area contributed by atoms with Gasteiger partial charge in [0.05, 0.1) is 12.0 Å². The first kappa shape index (κ1) is 13.9. The summed E-state index contributed by atoms with van der Waals surface area (Å²) in [4.78, 5) is 7.45. The molecule has 110 valence electrons. The van der Waals surface area contributed by atoms with Crippen molar-refractivity contribution in [3.05, 3.63) is 30.4 Å². The summed E-state index contributed by atoms with van der Waals surface area (Å²) in [5, 5.41) is 0. The van der Waals surface area contributed by atoms with Gasteiger partial charge < -0.3 is 4.98 Å². The Kier molecular flexibility index (Phi) is 4.94. The second-order valence-electron chi connectivity index (χ2n) is 6.78. The Labute approximate surface area is 123 Å². The summed E-state index contributed by atoms with van der Waals surface area (Å²) < 4.78 is 0. The fourth-order valence-corrected chi connectivity index (χ4v) is 3.64. The predicted molar refractivity (Wildman–Crippen MR) is 83.5 cm³/mol. The summed E-state index contributed by atoms with van der Waals surface area (Å²) in [7, 11) is 0. The first-order chi connectivity index (χ1) is 9.92. The van der Waals surface area contributed by atoms with E-state index < -0.39 is 0 Å². The molecule has 2 heteroatoms. The van der Waals surface area contributed by atoms with Crippen LogP contribution < -0.4 is 0 Å². The highest BCUT2D eigenvalue weighted by Crippen LogP contribution is 2.39. The topological polar surface area (TPSA) is 28.7 Å². The quantitative estimate of drug-likeness (QED) is 0.703. The zero-order valence-electron chi connectivity index (χ0n) is 12.6. The van der Waals surface area contributed by atoms with E-state index in [1.165, 1.54) is 63.5 Å². The normalized spacial score (nSPS) is 22.4. The van der Waals surface area contributed by atoms with Crippen LogP contribution in [-0.4, -0.2) is 9.97 Å². The van der Waals surface area contributed by atoms with Crippen molar-refractivity contribution in [3.8, 4) is 0 Å². The highest BCUT2D eigenvalue weighted by Gasteiger charge is 2.29. The fourth-order valence-electron chi connectivity index (χ4n) is 3.64. The maximum Gasteiger partial charge on any atom is 0.0923 e. The van der Waals surface area contributed by atoms with E-state index in [2.05, 4.69) is 22.1 Å². The molecule has 0 aromatic carbocycles. The molecule has 1 N–H and O–H groups in total. The van der Waals surface area contributed by atoms with E-state index in [-0.39, 0.29) is 0 Å². The van der Waals surface area contributed by atoms with E-state index >= 15 is 0 Å². The van der Waals surface area contributed by atoms with E-state index in [1.54, 1.807) is 6.33 Å². The number of hydrogen-bond donors (Lipinski definition) is 1. The Bertz CT molecular complexity index is 397. The molecule has 2 saturated carbocycles. The molecule has 1 heterocycles. The zero-order valence-corrected chi connectivity index (χ0v) is 12.6. The van der Waals surface area contributed by atoms with E-state index in [4.69, 9.17) is 0 Å². The van der Waals surface area contributed by atoms with Crippen LogP contribution in [0.4, 0.5) is 0 Å². The van der Waals surface area contributed by atoms with Crippen LogP contribution in [0, 0.1) is 17.8 Å². The van der Waals surface area contributed by atoms with Crippen molar-refractivity contribution in [1.82, 2.24) is 9.97 Å². The van der Waals surface area contributed by atoms with Crippen LogP contribution in [0.25, 0.3) is 0 Å². The molecule has 2 nitrogen and oxygen atoms in total. The van der Waals surface area contributed by atoms with Crippen LogP contribution in [0.15, 0.2) is 24.7 Å². The smallest absolute Gasteiger partial charge is 0.0923 e. The second-order valence-corrected chi connectivity index (χ2v) is 6.78. The van der Waals surface area contributed by atoms with Gasteiger partial charge in [0.1, 0.15) is 0 Å². The molecule has 0 bridgehead atoms. The van der Waals surface area contributed by atoms with Gasteiger partial charge in [-0.15, -0.1) is 0 Å². The first-order valence-corrected chi connectivity index (χ1v) is 8.56. The van der Waals surface area contributed by atoms with Gasteiger partial charge >= 0.3 is 0 Å². The lowest BCUT2D eigenvalue weighted by Crippen LogP contribution is -2.06. The van der Waals surface area contributed by atoms with Gasteiger partial charge in [-0.25, -0.2) is 4.98 Å². The molecule has 0 spiro atoms. The zero-order chi connectivity index (χ0) is 13.6. The highest BCUT2D eigenvalue weighted by molar-refractivity contribution is 5.05. The molecule has 1 unspecified atom stereocenters. The third-order valence-corrected chi connectivity index (χ3v) is 5.08. The summed E-state index contributed by atoms with van der Waals surface area (Å²) in [6.45, 7) is 0. The Hall–Kier alpha value is -1.05. The minimum Gasteiger partial charge on any atom is -0.351 e. The molecular weight excluding hydrogens is 244 g/mol. The molecule has 1 aromatic heterocycles. The molecule has 0 amide bonds. The molecule has 0 aliphatic heterocycles. The molecule has 0 radical (unpaired) electrons. The third-order valence-electron chi connectivity index (χ3n) is 5.08. The summed E-state index contributed by atoms with van der Waals surface area (Å²) in [6, 6.07) is 0. The number of aromatic nitrogens is 2. The van der Waals surface area contributed by atoms with Gasteiger partial charge in [0, 0.05) is 6.20 Å². The van der Waals surface area contributed by atoms with Crippen molar-refractivity contribution in [2.24, 2.45) is 17.8 Å². The monoisotopic (exact) mass is 272 g/mol. The van der Waals surface area contributed by atoms with Gasteiger partial charge in [0.15, 0.2) is 0 Å². The van der Waals surface area contributed by atoms with Crippen LogP contribution in [0.3, 0.4) is 0 Å². The number of nitrogens with one attached hydrogen (secondary N) is 1. The van der Waals surface area contributed by atoms with Gasteiger partial charge in [-0.1, -0.05) is 44.3 Å². The van der Waals surface area contributed by atoms with Gasteiger partial charge in [-0.3, -0.25) is 0 Å². The van der Waals surface area contributed by atoms with Crippen molar-refractivity contribution in [2.75, 3.05) is 0 Å². The van der Waals surface area contributed by atoms with Crippen molar-refractivity contribution < 1.29 is 0 Å². The molecule has 20 heavy (non-hydrogen) atoms. The minimum absolute atomic E-state index is 0.727. The van der Waals surface area contributed by atoms with Gasteiger partial charge in [-0.2, -0.15) is 0 Å². The van der Waals surface area contributed by atoms with Crippen LogP contribution in [0.2, 0.25) is 0 Å². The van der Waals surface area contributed by atoms with Crippen LogP contribution in [0.5, 0.6) is 0 Å². The van der Waals surface area contributed by atoms with Crippen LogP contribution in [0.1, 0.15) is 63.5 Å². The van der Waals surface area contributed by atoms with Gasteiger partial charge in [0.2, 0.25) is 0 Å². The Balaban J connectivity index is 1.42. The molecule has 1 atom stereocenters. The molecule has 2 aliphatic rings. The third kappa shape index (κ3) is 4.22. The number of imidazole rings is 1. The van der Waals surface area contributed by atoms with Gasteiger partial charge in [0.25, 0.3) is 0 Å². The SMILES string of the molecule is C(=C/C(Cc1c[nH]cn1)C1CC1)/CCC1CCCCC1. The molecule has 2 aliphatic carbocycles. The minimum atomic E-state index is 0.727. The van der Waals surface area contributed by atoms with Crippen LogP contribution in [-0.2, 0) is 6.42 Å². The number of allylic oxidation sites excluding steroid dienone is 2. The molecule has 3 rings (SSSR count). The Morgan fingerprint density at radius 3 is 2.75 bits per heavy atom. The van der Waals surface area contributed by atoms with Crippen molar-refractivity contribution in [3.63, 3.8) is 0 Å². The summed E-state index contributed by atoms with van der Waals surface area (Å²) >= 11 is 0. The lowest BCUT2D eigenvalue weighted by atomic mass is 9.86. The highest BCUT2D eigenvalue weighted by atomic mass is 14.9. The van der Waals surface area contributed by atoms with E-state index in [1.807, 2.05) is 6.20 Å². The lowest BCUT2D eigenvalue weighted by Gasteiger charge is -2.20. The lowest BCUT2D eigenvalue weighted by molar-refractivity contribution is 0.341. The van der Waals surface area contributed by atoms with Crippen molar-refractivity contribution >= 4 is 0 Å². The van der Waals surface area contributed by atoms with E-state index in [0.29, 0.717) is 0 Å². The molecule has 1 aromatic rings. The van der Waals surface area contributed by atoms with E-state index in [0.717, 1.165) is 24.2 Å². The van der Waals surface area contributed by atoms with Crippen LogP contribution >= 0.6 is 0 Å². The second kappa shape index (κ2) is 7.10. The number of rotatable bonds is 7. The number of nitrogens with zero attached hydrogens (tertiary/aromatic N) is 1. The number of H-pyrrole nitrogens is 1. The summed E-state index contributed by atoms with van der Waals surface area (Å²) in [6.07, 6.45) is 22.8. The fraction of sp³-hybridized carbons (Fsp3) is 0.722. The summed E-state index contributed by atoms with van der Waals surface area (Å²) in [5.74, 6) is 2.67. The maximum atomic E-state index is 4.38. The molecule has 0 saturated heterocycles. The first-order valence-electron chi connectivity index (χ1n) is 8.56. The van der Waals surface area contributed by atoms with Crippen molar-refractivity contribution in [1.29, 1.82) is 0 Å². The number of aromatic amines is 1. The standard InChI is InChI=1S/C18H28N2/c1-2-6-15(7-3-1)8-4-5-9-17(16-10-11-16)12-18-13-19-14-20-18/h5,9,13-17H,1-4,6-8,10-12H2,(H,19,20)/b9-5-. The number of hydrogen-bond acceptors (Lipinski definition) is 1. The summed E-state index contributed by atoms with van der Waals surface area (Å²) in [5.41, 5.74) is 1.22. The maximum absolute atomic E-state index is 4.38. The Morgan fingerprint density at radius 1 is 1.20 bits per heavy atom. The average Bonchev–Trinajstić information content (AvgIpc) is 3.21. The molecule has 2 fully saturated rings. The Morgan fingerprint density at radius 2 is 2.05 bits per heavy atom. The van der Waals surface area contributed by atoms with Crippen molar-refractivity contribution in [2.45, 2.75) is 64.2 Å². The van der Waals surface area contributed by atoms with Gasteiger partial charge in [-0.05, 0) is 49.9 Å². The van der Waals surface area contributed by atoms with E-state index in [9.17, 15) is 0 Å². The average molecular weight is 272 g/mol.